The van der Waals surface area contributed by atoms with Gasteiger partial charge in [-0.15, -0.1) is 0 Å². The van der Waals surface area contributed by atoms with Crippen LogP contribution in [0.1, 0.15) is 96.2 Å². The summed E-state index contributed by atoms with van der Waals surface area (Å²) in [6.07, 6.45) is 9.65. The number of pyridine rings is 2. The molecular weight excluding hydrogens is 1060 g/mol. The van der Waals surface area contributed by atoms with Crippen molar-refractivity contribution in [1.29, 1.82) is 10.5 Å². The summed E-state index contributed by atoms with van der Waals surface area (Å²) in [6, 6.07) is 47.8. The highest BCUT2D eigenvalue weighted by atomic mass is 16.5. The van der Waals surface area contributed by atoms with Crippen molar-refractivity contribution >= 4 is 60.9 Å². The average molecular weight is 1130 g/mol. The SMILES string of the molecule is C.CC.CC.CC.CC.N#Cc1ccccc1Oc1ccc2c(c1)CCB2O.N#Cc1cccnc1Oc1ccc2c(c1)CCB2O.[C-]#[N+]c1ccc(Oc2ccc3c(c2)CCB3O)cc1.[C-]#[N+]c1ccc(Oc2ccc3c(c2)CCB3O)nc1. The average Bonchev–Trinajstić information content (AvgIpc) is 4.55. The Hall–Kier alpha value is -9.12. The van der Waals surface area contributed by atoms with E-state index in [1.165, 1.54) is 6.20 Å². The van der Waals surface area contributed by atoms with E-state index in [2.05, 4.69) is 25.7 Å². The third-order valence-corrected chi connectivity index (χ3v) is 13.3. The van der Waals surface area contributed by atoms with Gasteiger partial charge in [0.15, 0.2) is 5.69 Å². The lowest BCUT2D eigenvalue weighted by molar-refractivity contribution is 0.461. The van der Waals surface area contributed by atoms with Crippen LogP contribution in [0.4, 0.5) is 11.4 Å². The van der Waals surface area contributed by atoms with Gasteiger partial charge in [-0.1, -0.05) is 111 Å². The molecule has 432 valence electrons. The highest BCUT2D eigenvalue weighted by Gasteiger charge is 2.28. The van der Waals surface area contributed by atoms with E-state index < -0.39 is 0 Å². The van der Waals surface area contributed by atoms with Crippen molar-refractivity contribution in [3.05, 3.63) is 214 Å². The Morgan fingerprint density at radius 2 is 0.824 bits per heavy atom. The van der Waals surface area contributed by atoms with Gasteiger partial charge in [0.25, 0.3) is 0 Å². The lowest BCUT2D eigenvalue weighted by atomic mass is 9.63. The summed E-state index contributed by atoms with van der Waals surface area (Å²) in [5.41, 5.74) is 10.5. The van der Waals surface area contributed by atoms with Crippen molar-refractivity contribution in [3.8, 4) is 58.4 Å². The highest BCUT2D eigenvalue weighted by molar-refractivity contribution is 6.69. The molecule has 14 nitrogen and oxygen atoms in total. The number of para-hydroxylation sites is 1. The number of fused-ring (bicyclic) bond motifs is 4. The van der Waals surface area contributed by atoms with Gasteiger partial charge in [0, 0.05) is 12.4 Å². The maximum Gasteiger partial charge on any atom is 0.324 e. The Balaban J connectivity index is 0.000000232. The van der Waals surface area contributed by atoms with Crippen LogP contribution in [0.25, 0.3) is 9.69 Å². The van der Waals surface area contributed by atoms with Crippen LogP contribution in [0.3, 0.4) is 0 Å². The standard InChI is InChI=1S/2C15H12BNO2.2C14H11BN2O2.4C2H6.CH4/c1-17-12-2-4-13(5-3-12)19-14-6-7-15-11(10-14)8-9-16(15)18;17-10-12-3-1-2-4-15(12)19-13-5-6-14-11(9-13)7-8-16(14)18;1-16-11-2-5-14(17-9-11)19-12-3-4-13-10(8-12)6-7-15(13)18;16-9-11-2-1-7-17-14(11)19-12-3-4-13-10(8-12)5-6-15(13)18;4*1-2;/h2-7,10,18H,8-9H2;1-6,9,18H,7-8H2;2-5,8-9,18H,6-7H2;1-4,7-8,18H,5-6H2;4*1-2H3;1H4. The number of aryl methyl sites for hydroxylation is 4. The number of hydrogen-bond donors (Lipinski definition) is 4. The molecular formula is C67H74B4N6O8. The zero-order valence-electron chi connectivity index (χ0n) is 49.1. The lowest BCUT2D eigenvalue weighted by Gasteiger charge is -2.09. The maximum absolute atomic E-state index is 9.76. The van der Waals surface area contributed by atoms with Gasteiger partial charge in [-0.3, -0.25) is 0 Å². The van der Waals surface area contributed by atoms with E-state index in [0.717, 1.165) is 101 Å². The van der Waals surface area contributed by atoms with E-state index in [0.29, 0.717) is 63.0 Å². The molecule has 0 radical (unpaired) electrons. The molecule has 0 saturated heterocycles. The second-order valence-corrected chi connectivity index (χ2v) is 18.2. The van der Waals surface area contributed by atoms with E-state index in [9.17, 15) is 20.1 Å². The topological polar surface area (TPSA) is 200 Å². The third-order valence-electron chi connectivity index (χ3n) is 13.3. The van der Waals surface area contributed by atoms with Crippen LogP contribution in [0.2, 0.25) is 25.3 Å². The normalized spacial score (nSPS) is 11.9. The van der Waals surface area contributed by atoms with Crippen LogP contribution in [0, 0.1) is 35.8 Å². The minimum absolute atomic E-state index is 0. The Labute approximate surface area is 504 Å². The van der Waals surface area contributed by atoms with Crippen molar-refractivity contribution in [3.63, 3.8) is 0 Å². The second-order valence-electron chi connectivity index (χ2n) is 18.2. The maximum atomic E-state index is 9.76. The molecule has 0 amide bonds. The summed E-state index contributed by atoms with van der Waals surface area (Å²) in [4.78, 5) is 14.7. The van der Waals surface area contributed by atoms with Crippen LogP contribution in [0.15, 0.2) is 158 Å². The van der Waals surface area contributed by atoms with Gasteiger partial charge in [-0.05, 0) is 192 Å². The van der Waals surface area contributed by atoms with Crippen LogP contribution in [-0.2, 0) is 25.7 Å². The number of hydrogen-bond acceptors (Lipinski definition) is 12. The molecule has 0 saturated carbocycles. The first kappa shape index (κ1) is 68.4. The summed E-state index contributed by atoms with van der Waals surface area (Å²) in [7, 11) is 0. The van der Waals surface area contributed by atoms with Gasteiger partial charge in [0.2, 0.25) is 17.4 Å². The molecule has 4 aliphatic heterocycles. The minimum atomic E-state index is -0.367. The van der Waals surface area contributed by atoms with Gasteiger partial charge in [-0.2, -0.15) is 10.5 Å². The summed E-state index contributed by atoms with van der Waals surface area (Å²) in [6.45, 7) is 28.4. The summed E-state index contributed by atoms with van der Waals surface area (Å²) < 4.78 is 22.8. The van der Waals surface area contributed by atoms with Crippen LogP contribution < -0.4 is 40.8 Å². The van der Waals surface area contributed by atoms with E-state index in [1.54, 1.807) is 72.9 Å². The van der Waals surface area contributed by atoms with E-state index in [-0.39, 0.29) is 35.1 Å². The van der Waals surface area contributed by atoms with Gasteiger partial charge < -0.3 is 39.0 Å². The Kier molecular flexibility index (Phi) is 28.8. The molecule has 85 heavy (non-hydrogen) atoms. The van der Waals surface area contributed by atoms with Crippen LogP contribution in [0.5, 0.6) is 46.3 Å². The minimum Gasteiger partial charge on any atom is -0.457 e. The predicted molar refractivity (Wildman–Crippen MR) is 346 cm³/mol. The number of nitriles is 2. The lowest BCUT2D eigenvalue weighted by Crippen LogP contribution is -2.25. The second kappa shape index (κ2) is 35.8. The van der Waals surface area contributed by atoms with E-state index >= 15 is 0 Å². The molecule has 4 N–H and O–H groups in total. The largest absolute Gasteiger partial charge is 0.457 e. The number of aromatic nitrogens is 2. The Morgan fingerprint density at radius 1 is 0.435 bits per heavy atom. The van der Waals surface area contributed by atoms with Crippen molar-refractivity contribution < 1.29 is 39.0 Å². The fourth-order valence-corrected chi connectivity index (χ4v) is 9.33. The molecule has 0 unspecified atom stereocenters. The first-order chi connectivity index (χ1) is 41.1. The molecule has 12 rings (SSSR count). The fourth-order valence-electron chi connectivity index (χ4n) is 9.33. The molecule has 0 bridgehead atoms. The molecule has 6 heterocycles. The monoisotopic (exact) mass is 1130 g/mol. The van der Waals surface area contributed by atoms with Gasteiger partial charge in [0.05, 0.1) is 18.7 Å². The zero-order chi connectivity index (χ0) is 61.0. The van der Waals surface area contributed by atoms with Crippen LogP contribution >= 0.6 is 0 Å². The predicted octanol–water partition coefficient (Wildman–Crippen LogP) is 13.3. The molecule has 0 aliphatic carbocycles. The highest BCUT2D eigenvalue weighted by Crippen LogP contribution is 2.30. The van der Waals surface area contributed by atoms with Gasteiger partial charge >= 0.3 is 27.7 Å². The van der Waals surface area contributed by atoms with E-state index in [1.807, 2.05) is 140 Å². The van der Waals surface area contributed by atoms with Crippen molar-refractivity contribution in [2.45, 2.75) is 114 Å². The summed E-state index contributed by atoms with van der Waals surface area (Å²) in [5.74, 6) is 4.86. The number of benzene rings is 6. The van der Waals surface area contributed by atoms with Crippen molar-refractivity contribution in [1.82, 2.24) is 9.97 Å². The molecule has 0 fully saturated rings. The number of rotatable bonds is 8. The molecule has 0 spiro atoms. The van der Waals surface area contributed by atoms with Crippen molar-refractivity contribution in [2.75, 3.05) is 0 Å². The number of nitrogens with zero attached hydrogens (tertiary/aromatic N) is 6. The molecule has 6 aromatic carbocycles. The summed E-state index contributed by atoms with van der Waals surface area (Å²) in [5, 5.41) is 57.0. The summed E-state index contributed by atoms with van der Waals surface area (Å²) >= 11 is 0. The zero-order valence-corrected chi connectivity index (χ0v) is 49.1. The van der Waals surface area contributed by atoms with Gasteiger partial charge in [-0.25, -0.2) is 19.7 Å². The van der Waals surface area contributed by atoms with E-state index in [4.69, 9.17) is 42.6 Å². The Bertz CT molecular complexity index is 3330. The molecule has 4 aliphatic rings. The van der Waals surface area contributed by atoms with Crippen molar-refractivity contribution in [2.24, 2.45) is 0 Å². The van der Waals surface area contributed by atoms with Gasteiger partial charge in [0.1, 0.15) is 52.2 Å². The first-order valence-corrected chi connectivity index (χ1v) is 28.7. The first-order valence-electron chi connectivity index (χ1n) is 28.7. The molecule has 0 atom stereocenters. The van der Waals surface area contributed by atoms with Crippen LogP contribution in [-0.4, -0.2) is 57.7 Å². The fraction of sp³-hybridized carbons (Fsp3) is 0.254. The third kappa shape index (κ3) is 18.9. The molecule has 18 heteroatoms. The smallest absolute Gasteiger partial charge is 0.324 e. The quantitative estimate of drug-likeness (QED) is 0.0830. The molecule has 8 aromatic rings. The molecule has 2 aromatic heterocycles. The number of ether oxygens (including phenoxy) is 4. The Morgan fingerprint density at radius 3 is 1.25 bits per heavy atom.